The lowest BCUT2D eigenvalue weighted by Gasteiger charge is -2.24. The van der Waals surface area contributed by atoms with Crippen molar-refractivity contribution < 1.29 is 4.74 Å². The summed E-state index contributed by atoms with van der Waals surface area (Å²) < 4.78 is 6.34. The first-order valence-corrected chi connectivity index (χ1v) is 7.60. The Morgan fingerprint density at radius 3 is 2.63 bits per heavy atom. The molecule has 1 fully saturated rings. The van der Waals surface area contributed by atoms with E-state index in [0.29, 0.717) is 12.1 Å². The van der Waals surface area contributed by atoms with Gasteiger partial charge in [-0.25, -0.2) is 0 Å². The molecule has 19 heavy (non-hydrogen) atoms. The zero-order valence-electron chi connectivity index (χ0n) is 12.5. The van der Waals surface area contributed by atoms with E-state index in [2.05, 4.69) is 50.4 Å². The maximum atomic E-state index is 6.34. The molecule has 1 aromatic carbocycles. The summed E-state index contributed by atoms with van der Waals surface area (Å²) in [6, 6.07) is 9.22. The zero-order chi connectivity index (χ0) is 13.7. The molecule has 2 nitrogen and oxygen atoms in total. The van der Waals surface area contributed by atoms with Crippen molar-refractivity contribution in [2.45, 2.75) is 64.7 Å². The summed E-state index contributed by atoms with van der Waals surface area (Å²) in [5.74, 6) is 0. The molecule has 2 rings (SSSR count). The Balaban J connectivity index is 2.03. The van der Waals surface area contributed by atoms with Gasteiger partial charge in [-0.1, -0.05) is 56.5 Å². The van der Waals surface area contributed by atoms with Crippen LogP contribution in [0.2, 0.25) is 0 Å². The number of rotatable bonds is 6. The summed E-state index contributed by atoms with van der Waals surface area (Å²) in [5, 5.41) is 3.51. The fraction of sp³-hybridized carbons (Fsp3) is 0.647. The van der Waals surface area contributed by atoms with E-state index in [1.54, 1.807) is 0 Å². The first-order valence-electron chi connectivity index (χ1n) is 7.60. The van der Waals surface area contributed by atoms with Crippen LogP contribution in [0.15, 0.2) is 24.3 Å². The van der Waals surface area contributed by atoms with Gasteiger partial charge in [0, 0.05) is 12.6 Å². The average molecular weight is 261 g/mol. The lowest BCUT2D eigenvalue weighted by molar-refractivity contribution is -0.00960. The predicted octanol–water partition coefficient (Wildman–Crippen LogP) is 3.99. The Bertz CT molecular complexity index is 383. The molecular weight excluding hydrogens is 234 g/mol. The molecule has 0 aliphatic heterocycles. The Morgan fingerprint density at radius 1 is 1.26 bits per heavy atom. The van der Waals surface area contributed by atoms with E-state index in [4.69, 9.17) is 4.74 Å². The Hall–Kier alpha value is -0.860. The second-order valence-corrected chi connectivity index (χ2v) is 6.01. The molecule has 0 spiro atoms. The summed E-state index contributed by atoms with van der Waals surface area (Å²) in [6.45, 7) is 7.41. The van der Waals surface area contributed by atoms with Gasteiger partial charge >= 0.3 is 0 Å². The van der Waals surface area contributed by atoms with Crippen molar-refractivity contribution in [1.82, 2.24) is 5.32 Å². The number of nitrogens with one attached hydrogen (secondary N) is 1. The van der Waals surface area contributed by atoms with Crippen LogP contribution in [-0.2, 0) is 4.74 Å². The summed E-state index contributed by atoms with van der Waals surface area (Å²) in [6.07, 6.45) is 5.74. The van der Waals surface area contributed by atoms with Crippen molar-refractivity contribution in [1.29, 1.82) is 0 Å². The van der Waals surface area contributed by atoms with Gasteiger partial charge in [0.15, 0.2) is 0 Å². The molecule has 1 N–H and O–H groups in total. The van der Waals surface area contributed by atoms with Gasteiger partial charge in [-0.3, -0.25) is 0 Å². The standard InChI is InChI=1S/C17H27NO/c1-13(2)18-12-17(19-16-9-4-5-10-16)15-8-6-7-14(3)11-15/h6-8,11,13,16-18H,4-5,9-10,12H2,1-3H3. The summed E-state index contributed by atoms with van der Waals surface area (Å²) >= 11 is 0. The van der Waals surface area contributed by atoms with Crippen LogP contribution >= 0.6 is 0 Å². The highest BCUT2D eigenvalue weighted by atomic mass is 16.5. The monoisotopic (exact) mass is 261 g/mol. The summed E-state index contributed by atoms with van der Waals surface area (Å²) in [7, 11) is 0. The van der Waals surface area contributed by atoms with E-state index in [-0.39, 0.29) is 6.10 Å². The molecule has 0 bridgehead atoms. The van der Waals surface area contributed by atoms with E-state index >= 15 is 0 Å². The topological polar surface area (TPSA) is 21.3 Å². The lowest BCUT2D eigenvalue weighted by Crippen LogP contribution is -2.30. The van der Waals surface area contributed by atoms with Crippen molar-refractivity contribution in [2.75, 3.05) is 6.54 Å². The van der Waals surface area contributed by atoms with Gasteiger partial charge in [0.2, 0.25) is 0 Å². The second-order valence-electron chi connectivity index (χ2n) is 6.01. The highest BCUT2D eigenvalue weighted by Gasteiger charge is 2.21. The minimum Gasteiger partial charge on any atom is -0.369 e. The van der Waals surface area contributed by atoms with Crippen LogP contribution in [0.1, 0.15) is 56.8 Å². The molecule has 1 atom stereocenters. The van der Waals surface area contributed by atoms with Gasteiger partial charge in [0.1, 0.15) is 0 Å². The van der Waals surface area contributed by atoms with Gasteiger partial charge in [-0.05, 0) is 25.3 Å². The van der Waals surface area contributed by atoms with Crippen molar-refractivity contribution in [2.24, 2.45) is 0 Å². The van der Waals surface area contributed by atoms with Gasteiger partial charge in [-0.15, -0.1) is 0 Å². The Kier molecular flexibility index (Phi) is 5.41. The normalized spacial score (nSPS) is 18.1. The second kappa shape index (κ2) is 7.06. The molecule has 2 heteroatoms. The number of aryl methyl sites for hydroxylation is 1. The van der Waals surface area contributed by atoms with Gasteiger partial charge in [0.25, 0.3) is 0 Å². The molecule has 0 saturated heterocycles. The zero-order valence-corrected chi connectivity index (χ0v) is 12.5. The van der Waals surface area contributed by atoms with Crippen molar-refractivity contribution in [3.8, 4) is 0 Å². The van der Waals surface area contributed by atoms with Crippen LogP contribution in [0.3, 0.4) is 0 Å². The third kappa shape index (κ3) is 4.63. The minimum atomic E-state index is 0.186. The first-order chi connectivity index (χ1) is 9.15. The van der Waals surface area contributed by atoms with E-state index in [9.17, 15) is 0 Å². The third-order valence-corrected chi connectivity index (χ3v) is 3.78. The number of hydrogen-bond acceptors (Lipinski definition) is 2. The molecule has 106 valence electrons. The molecule has 1 unspecified atom stereocenters. The largest absolute Gasteiger partial charge is 0.369 e. The molecule has 0 radical (unpaired) electrons. The number of benzene rings is 1. The van der Waals surface area contributed by atoms with E-state index in [1.165, 1.54) is 36.8 Å². The highest BCUT2D eigenvalue weighted by Crippen LogP contribution is 2.28. The highest BCUT2D eigenvalue weighted by molar-refractivity contribution is 5.24. The van der Waals surface area contributed by atoms with Crippen molar-refractivity contribution in [3.05, 3.63) is 35.4 Å². The molecule has 1 aliphatic carbocycles. The molecule has 1 aromatic rings. The maximum absolute atomic E-state index is 6.34. The van der Waals surface area contributed by atoms with Gasteiger partial charge in [0.05, 0.1) is 12.2 Å². The first kappa shape index (κ1) is 14.5. The fourth-order valence-electron chi connectivity index (χ4n) is 2.71. The fourth-order valence-corrected chi connectivity index (χ4v) is 2.71. The molecule has 1 saturated carbocycles. The molecular formula is C17H27NO. The number of ether oxygens (including phenoxy) is 1. The molecule has 0 aromatic heterocycles. The third-order valence-electron chi connectivity index (χ3n) is 3.78. The maximum Gasteiger partial charge on any atom is 0.0953 e. The van der Waals surface area contributed by atoms with Crippen LogP contribution < -0.4 is 5.32 Å². The minimum absolute atomic E-state index is 0.186. The Labute approximate surface area is 117 Å². The predicted molar refractivity (Wildman–Crippen MR) is 80.4 cm³/mol. The Morgan fingerprint density at radius 2 is 2.00 bits per heavy atom. The van der Waals surface area contributed by atoms with Crippen LogP contribution in [0, 0.1) is 6.92 Å². The van der Waals surface area contributed by atoms with Gasteiger partial charge in [-0.2, -0.15) is 0 Å². The van der Waals surface area contributed by atoms with Crippen LogP contribution in [0.5, 0.6) is 0 Å². The lowest BCUT2D eigenvalue weighted by atomic mass is 10.1. The van der Waals surface area contributed by atoms with Gasteiger partial charge < -0.3 is 10.1 Å². The quantitative estimate of drug-likeness (QED) is 0.836. The molecule has 0 amide bonds. The van der Waals surface area contributed by atoms with Crippen LogP contribution in [-0.4, -0.2) is 18.7 Å². The van der Waals surface area contributed by atoms with E-state index < -0.39 is 0 Å². The van der Waals surface area contributed by atoms with Crippen LogP contribution in [0.25, 0.3) is 0 Å². The summed E-state index contributed by atoms with van der Waals surface area (Å²) in [4.78, 5) is 0. The average Bonchev–Trinajstić information content (AvgIpc) is 2.87. The summed E-state index contributed by atoms with van der Waals surface area (Å²) in [5.41, 5.74) is 2.61. The molecule has 0 heterocycles. The van der Waals surface area contributed by atoms with Crippen molar-refractivity contribution >= 4 is 0 Å². The molecule has 1 aliphatic rings. The number of hydrogen-bond donors (Lipinski definition) is 1. The smallest absolute Gasteiger partial charge is 0.0953 e. The van der Waals surface area contributed by atoms with Crippen molar-refractivity contribution in [3.63, 3.8) is 0 Å². The SMILES string of the molecule is Cc1cccc(C(CNC(C)C)OC2CCCC2)c1. The van der Waals surface area contributed by atoms with E-state index in [1.807, 2.05) is 0 Å². The van der Waals surface area contributed by atoms with Crippen LogP contribution in [0.4, 0.5) is 0 Å². The van der Waals surface area contributed by atoms with E-state index in [0.717, 1.165) is 6.54 Å².